The van der Waals surface area contributed by atoms with E-state index >= 15 is 0 Å². The lowest BCUT2D eigenvalue weighted by Crippen LogP contribution is -2.10. The molecule has 0 aliphatic rings. The lowest BCUT2D eigenvalue weighted by atomic mass is 9.96. The van der Waals surface area contributed by atoms with Gasteiger partial charge in [0.1, 0.15) is 0 Å². The fourth-order valence-electron chi connectivity index (χ4n) is 7.46. The Morgan fingerprint density at radius 1 is 0.333 bits per heavy atom. The monoisotopic (exact) mass is 685 g/mol. The Kier molecular flexibility index (Phi) is 7.26. The first-order valence-electron chi connectivity index (χ1n) is 17.3. The van der Waals surface area contributed by atoms with Gasteiger partial charge in [0.15, 0.2) is 0 Å². The number of hydrogen-bond donors (Lipinski definition) is 0. The summed E-state index contributed by atoms with van der Waals surface area (Å²) in [4.78, 5) is 2.50. The zero-order valence-corrected chi connectivity index (χ0v) is 29.3. The quantitative estimate of drug-likeness (QED) is 0.168. The van der Waals surface area contributed by atoms with Crippen LogP contribution in [0.3, 0.4) is 0 Å². The van der Waals surface area contributed by atoms with E-state index in [9.17, 15) is 0 Å². The van der Waals surface area contributed by atoms with Crippen LogP contribution in [0.4, 0.5) is 17.1 Å². The summed E-state index contributed by atoms with van der Waals surface area (Å²) < 4.78 is 5.17. The standard InChI is InChI=1S/C48H31NS2/c1-4-14-32(15-5-1)35-28-36(33-16-6-2-7-17-33)30-38(29-35)49(37-24-25-41-40-20-10-12-22-44(40)50-46(41)31-37)43-27-26-39(34-18-8-3-9-19-34)47-42-21-11-13-23-45(42)51-48(43)47/h1-31H. The lowest BCUT2D eigenvalue weighted by molar-refractivity contribution is 1.31. The normalized spacial score (nSPS) is 11.5. The van der Waals surface area contributed by atoms with Crippen LogP contribution < -0.4 is 4.90 Å². The van der Waals surface area contributed by atoms with Gasteiger partial charge in [-0.25, -0.2) is 0 Å². The molecule has 2 aromatic heterocycles. The molecule has 51 heavy (non-hydrogen) atoms. The molecule has 240 valence electrons. The van der Waals surface area contributed by atoms with E-state index in [1.807, 2.05) is 22.7 Å². The third kappa shape index (κ3) is 5.21. The molecule has 0 saturated heterocycles. The maximum Gasteiger partial charge on any atom is 0.0640 e. The minimum absolute atomic E-state index is 1.13. The van der Waals surface area contributed by atoms with Crippen molar-refractivity contribution in [2.45, 2.75) is 0 Å². The number of anilines is 3. The predicted octanol–water partition coefficient (Wildman–Crippen LogP) is 14.9. The molecule has 0 aliphatic carbocycles. The van der Waals surface area contributed by atoms with Crippen molar-refractivity contribution < 1.29 is 0 Å². The van der Waals surface area contributed by atoms with E-state index in [1.165, 1.54) is 79.4 Å². The summed E-state index contributed by atoms with van der Waals surface area (Å²) in [5, 5.41) is 5.21. The molecule has 10 aromatic rings. The second-order valence-corrected chi connectivity index (χ2v) is 15.1. The summed E-state index contributed by atoms with van der Waals surface area (Å²) in [5.74, 6) is 0. The van der Waals surface area contributed by atoms with Crippen LogP contribution in [0, 0.1) is 0 Å². The van der Waals surface area contributed by atoms with Gasteiger partial charge >= 0.3 is 0 Å². The van der Waals surface area contributed by atoms with Gasteiger partial charge in [-0.3, -0.25) is 0 Å². The summed E-state index contributed by atoms with van der Waals surface area (Å²) >= 11 is 3.75. The third-order valence-electron chi connectivity index (χ3n) is 9.84. The smallest absolute Gasteiger partial charge is 0.0640 e. The molecule has 0 radical (unpaired) electrons. The molecule has 0 aliphatic heterocycles. The number of nitrogens with zero attached hydrogens (tertiary/aromatic N) is 1. The largest absolute Gasteiger partial charge is 0.309 e. The number of fused-ring (bicyclic) bond motifs is 6. The van der Waals surface area contributed by atoms with Gasteiger partial charge < -0.3 is 4.90 Å². The van der Waals surface area contributed by atoms with E-state index in [4.69, 9.17) is 0 Å². The van der Waals surface area contributed by atoms with Crippen LogP contribution in [-0.2, 0) is 0 Å². The van der Waals surface area contributed by atoms with Crippen molar-refractivity contribution in [3.05, 3.63) is 188 Å². The van der Waals surface area contributed by atoms with E-state index in [2.05, 4.69) is 193 Å². The van der Waals surface area contributed by atoms with Crippen molar-refractivity contribution in [1.29, 1.82) is 0 Å². The number of hydrogen-bond acceptors (Lipinski definition) is 3. The van der Waals surface area contributed by atoms with E-state index in [0.717, 1.165) is 11.4 Å². The van der Waals surface area contributed by atoms with Gasteiger partial charge in [-0.05, 0) is 81.9 Å². The summed E-state index contributed by atoms with van der Waals surface area (Å²) in [5.41, 5.74) is 10.7. The first-order chi connectivity index (χ1) is 25.3. The molecule has 0 fully saturated rings. The van der Waals surface area contributed by atoms with Gasteiger partial charge in [0.05, 0.1) is 10.4 Å². The Balaban J connectivity index is 1.29. The number of rotatable bonds is 6. The van der Waals surface area contributed by atoms with Gasteiger partial charge in [-0.2, -0.15) is 0 Å². The van der Waals surface area contributed by atoms with E-state index < -0.39 is 0 Å². The zero-order valence-electron chi connectivity index (χ0n) is 27.7. The van der Waals surface area contributed by atoms with E-state index in [0.29, 0.717) is 0 Å². The summed E-state index contributed by atoms with van der Waals surface area (Å²) in [7, 11) is 0. The molecule has 2 heterocycles. The second kappa shape index (κ2) is 12.4. The van der Waals surface area contributed by atoms with Crippen LogP contribution in [0.5, 0.6) is 0 Å². The highest BCUT2D eigenvalue weighted by Gasteiger charge is 2.22. The molecule has 8 aromatic carbocycles. The SMILES string of the molecule is c1ccc(-c2cc(-c3ccccc3)cc(N(c3ccc4c(c3)sc3ccccc34)c3ccc(-c4ccccc4)c4c3sc3ccccc34)c2)cc1. The van der Waals surface area contributed by atoms with Crippen molar-refractivity contribution in [3.63, 3.8) is 0 Å². The Labute approximate surface area is 304 Å². The van der Waals surface area contributed by atoms with Crippen LogP contribution in [0.15, 0.2) is 188 Å². The van der Waals surface area contributed by atoms with Gasteiger partial charge in [-0.1, -0.05) is 140 Å². The third-order valence-corrected chi connectivity index (χ3v) is 12.2. The number of benzene rings is 8. The minimum atomic E-state index is 1.13. The Bertz CT molecular complexity index is 2790. The van der Waals surface area contributed by atoms with Crippen LogP contribution in [0.2, 0.25) is 0 Å². The predicted molar refractivity (Wildman–Crippen MR) is 223 cm³/mol. The topological polar surface area (TPSA) is 3.24 Å². The molecule has 0 amide bonds. The molecule has 0 bridgehead atoms. The van der Waals surface area contributed by atoms with E-state index in [1.54, 1.807) is 0 Å². The summed E-state index contributed by atoms with van der Waals surface area (Å²) in [6, 6.07) is 68.7. The van der Waals surface area contributed by atoms with Crippen molar-refractivity contribution in [2.24, 2.45) is 0 Å². The minimum Gasteiger partial charge on any atom is -0.309 e. The van der Waals surface area contributed by atoms with Crippen LogP contribution in [-0.4, -0.2) is 0 Å². The van der Waals surface area contributed by atoms with Gasteiger partial charge in [0, 0.05) is 47.0 Å². The summed E-state index contributed by atoms with van der Waals surface area (Å²) in [6.07, 6.45) is 0. The molecule has 0 atom stereocenters. The molecule has 0 N–H and O–H groups in total. The van der Waals surface area contributed by atoms with Crippen LogP contribution in [0.1, 0.15) is 0 Å². The van der Waals surface area contributed by atoms with Crippen molar-refractivity contribution in [2.75, 3.05) is 4.90 Å². The molecule has 10 rings (SSSR count). The molecule has 0 unspecified atom stereocenters. The lowest BCUT2D eigenvalue weighted by Gasteiger charge is -2.28. The first kappa shape index (κ1) is 29.9. The Morgan fingerprint density at radius 3 is 1.55 bits per heavy atom. The van der Waals surface area contributed by atoms with Gasteiger partial charge in [-0.15, -0.1) is 22.7 Å². The van der Waals surface area contributed by atoms with Gasteiger partial charge in [0.2, 0.25) is 0 Å². The highest BCUT2D eigenvalue weighted by Crippen LogP contribution is 2.50. The first-order valence-corrected chi connectivity index (χ1v) is 18.9. The Morgan fingerprint density at radius 2 is 0.882 bits per heavy atom. The average molecular weight is 686 g/mol. The number of thiophene rings is 2. The molecule has 0 saturated carbocycles. The van der Waals surface area contributed by atoms with Crippen LogP contribution in [0.25, 0.3) is 73.7 Å². The van der Waals surface area contributed by atoms with Gasteiger partial charge in [0.25, 0.3) is 0 Å². The molecule has 1 nitrogen and oxygen atoms in total. The van der Waals surface area contributed by atoms with Crippen molar-refractivity contribution in [1.82, 2.24) is 0 Å². The second-order valence-electron chi connectivity index (χ2n) is 12.9. The highest BCUT2D eigenvalue weighted by molar-refractivity contribution is 7.26. The highest BCUT2D eigenvalue weighted by atomic mass is 32.1. The molecular formula is C48H31NS2. The van der Waals surface area contributed by atoms with E-state index in [-0.39, 0.29) is 0 Å². The maximum atomic E-state index is 2.50. The van der Waals surface area contributed by atoms with Crippen molar-refractivity contribution >= 4 is 80.1 Å². The fourth-order valence-corrected chi connectivity index (χ4v) is 9.84. The molecule has 0 spiro atoms. The molecular weight excluding hydrogens is 655 g/mol. The zero-order chi connectivity index (χ0) is 33.7. The average Bonchev–Trinajstić information content (AvgIpc) is 3.78. The Hall–Kier alpha value is -6.00. The fraction of sp³-hybridized carbons (Fsp3) is 0. The summed E-state index contributed by atoms with van der Waals surface area (Å²) in [6.45, 7) is 0. The van der Waals surface area contributed by atoms with Crippen LogP contribution >= 0.6 is 22.7 Å². The molecule has 3 heteroatoms. The maximum absolute atomic E-state index is 2.50. The van der Waals surface area contributed by atoms with Crippen molar-refractivity contribution in [3.8, 4) is 33.4 Å².